The Morgan fingerprint density at radius 2 is 1.88 bits per heavy atom. The predicted molar refractivity (Wildman–Crippen MR) is 98.4 cm³/mol. The van der Waals surface area contributed by atoms with E-state index in [2.05, 4.69) is 26.2 Å². The summed E-state index contributed by atoms with van der Waals surface area (Å²) >= 11 is 3.47. The SMILES string of the molecule is CC(CCC(=O)c1cncc(Br)c1C(C)C)NC(=O)OC(C)(C)C. The average Bonchev–Trinajstić information content (AvgIpc) is 2.41. The van der Waals surface area contributed by atoms with Crippen molar-refractivity contribution < 1.29 is 14.3 Å². The van der Waals surface area contributed by atoms with Gasteiger partial charge in [-0.25, -0.2) is 4.79 Å². The molecular formula is C18H27BrN2O3. The van der Waals surface area contributed by atoms with Gasteiger partial charge in [0, 0.05) is 34.9 Å². The van der Waals surface area contributed by atoms with Crippen molar-refractivity contribution in [2.75, 3.05) is 0 Å². The van der Waals surface area contributed by atoms with Gasteiger partial charge in [-0.2, -0.15) is 0 Å². The molecule has 0 aromatic carbocycles. The molecule has 1 atom stereocenters. The number of rotatable bonds is 6. The van der Waals surface area contributed by atoms with Crippen LogP contribution in [-0.2, 0) is 4.74 Å². The molecule has 24 heavy (non-hydrogen) atoms. The maximum atomic E-state index is 12.5. The highest BCUT2D eigenvalue weighted by Crippen LogP contribution is 2.28. The van der Waals surface area contributed by atoms with Crippen LogP contribution >= 0.6 is 15.9 Å². The molecule has 0 saturated carbocycles. The Hall–Kier alpha value is -1.43. The first-order valence-corrected chi connectivity index (χ1v) is 8.96. The predicted octanol–water partition coefficient (Wildman–Crippen LogP) is 4.84. The lowest BCUT2D eigenvalue weighted by atomic mass is 9.94. The van der Waals surface area contributed by atoms with E-state index in [1.807, 2.05) is 41.5 Å². The molecule has 0 radical (unpaired) electrons. The Labute approximate surface area is 152 Å². The number of amides is 1. The summed E-state index contributed by atoms with van der Waals surface area (Å²) in [7, 11) is 0. The second kappa shape index (κ2) is 8.60. The van der Waals surface area contributed by atoms with E-state index in [1.54, 1.807) is 12.4 Å². The Kier molecular flexibility index (Phi) is 7.39. The third-order valence-electron chi connectivity index (χ3n) is 3.38. The lowest BCUT2D eigenvalue weighted by molar-refractivity contribution is 0.0504. The van der Waals surface area contributed by atoms with E-state index < -0.39 is 11.7 Å². The summed E-state index contributed by atoms with van der Waals surface area (Å²) in [6.07, 6.45) is 3.75. The number of nitrogens with one attached hydrogen (secondary N) is 1. The summed E-state index contributed by atoms with van der Waals surface area (Å²) in [5, 5.41) is 2.75. The number of nitrogens with zero attached hydrogens (tertiary/aromatic N) is 1. The first-order valence-electron chi connectivity index (χ1n) is 8.17. The molecule has 5 nitrogen and oxygen atoms in total. The van der Waals surface area contributed by atoms with Gasteiger partial charge in [0.25, 0.3) is 0 Å². The number of aromatic nitrogens is 1. The molecule has 0 saturated heterocycles. The largest absolute Gasteiger partial charge is 0.444 e. The fourth-order valence-corrected chi connectivity index (χ4v) is 3.11. The minimum absolute atomic E-state index is 0.0327. The van der Waals surface area contributed by atoms with Crippen molar-refractivity contribution in [1.29, 1.82) is 0 Å². The number of carbonyl (C=O) groups is 2. The van der Waals surface area contributed by atoms with E-state index in [-0.39, 0.29) is 17.7 Å². The van der Waals surface area contributed by atoms with Gasteiger partial charge in [-0.3, -0.25) is 9.78 Å². The van der Waals surface area contributed by atoms with Gasteiger partial charge in [-0.1, -0.05) is 13.8 Å². The summed E-state index contributed by atoms with van der Waals surface area (Å²) in [5.41, 5.74) is 1.08. The fourth-order valence-electron chi connectivity index (χ4n) is 2.32. The van der Waals surface area contributed by atoms with Crippen LogP contribution in [0.4, 0.5) is 4.79 Å². The highest BCUT2D eigenvalue weighted by molar-refractivity contribution is 9.10. The highest BCUT2D eigenvalue weighted by atomic mass is 79.9. The van der Waals surface area contributed by atoms with Crippen molar-refractivity contribution in [2.24, 2.45) is 0 Å². The highest BCUT2D eigenvalue weighted by Gasteiger charge is 2.20. The molecule has 0 aliphatic carbocycles. The number of hydrogen-bond acceptors (Lipinski definition) is 4. The van der Waals surface area contributed by atoms with Gasteiger partial charge < -0.3 is 10.1 Å². The second-order valence-electron chi connectivity index (χ2n) is 7.25. The molecule has 0 aliphatic rings. The van der Waals surface area contributed by atoms with Crippen molar-refractivity contribution in [2.45, 2.75) is 71.9 Å². The van der Waals surface area contributed by atoms with Crippen LogP contribution in [0.2, 0.25) is 0 Å². The van der Waals surface area contributed by atoms with Crippen LogP contribution in [0.5, 0.6) is 0 Å². The van der Waals surface area contributed by atoms with E-state index >= 15 is 0 Å². The Bertz CT molecular complexity index is 594. The summed E-state index contributed by atoms with van der Waals surface area (Å²) in [6.45, 7) is 11.4. The minimum Gasteiger partial charge on any atom is -0.444 e. The molecule has 0 aliphatic heterocycles. The van der Waals surface area contributed by atoms with Crippen molar-refractivity contribution in [1.82, 2.24) is 10.3 Å². The van der Waals surface area contributed by atoms with Crippen LogP contribution in [0.3, 0.4) is 0 Å². The molecule has 1 N–H and O–H groups in total. The van der Waals surface area contributed by atoms with E-state index in [1.165, 1.54) is 0 Å². The topological polar surface area (TPSA) is 68.3 Å². The van der Waals surface area contributed by atoms with Crippen LogP contribution in [0, 0.1) is 0 Å². The number of alkyl carbamates (subject to hydrolysis) is 1. The normalized spacial score (nSPS) is 12.8. The molecule has 134 valence electrons. The maximum absolute atomic E-state index is 12.5. The summed E-state index contributed by atoms with van der Waals surface area (Å²) in [4.78, 5) is 28.4. The second-order valence-corrected chi connectivity index (χ2v) is 8.10. The number of halogens is 1. The van der Waals surface area contributed by atoms with Gasteiger partial charge in [0.05, 0.1) is 0 Å². The molecule has 1 aromatic heterocycles. The van der Waals surface area contributed by atoms with Crippen LogP contribution < -0.4 is 5.32 Å². The molecule has 1 heterocycles. The molecule has 1 unspecified atom stereocenters. The molecule has 0 fully saturated rings. The number of ketones is 1. The van der Waals surface area contributed by atoms with Gasteiger partial charge in [0.15, 0.2) is 5.78 Å². The third kappa shape index (κ3) is 6.59. The van der Waals surface area contributed by atoms with Crippen LogP contribution in [0.1, 0.15) is 76.2 Å². The molecule has 1 amide bonds. The number of ether oxygens (including phenoxy) is 1. The molecular weight excluding hydrogens is 372 g/mol. The van der Waals surface area contributed by atoms with Gasteiger partial charge in [0.2, 0.25) is 0 Å². The summed E-state index contributed by atoms with van der Waals surface area (Å²) in [5.74, 6) is 0.254. The van der Waals surface area contributed by atoms with E-state index in [0.29, 0.717) is 18.4 Å². The number of Topliss-reactive ketones (excluding diaryl/α,β-unsaturated/α-hetero) is 1. The van der Waals surface area contributed by atoms with Crippen molar-refractivity contribution in [3.05, 3.63) is 28.0 Å². The quantitative estimate of drug-likeness (QED) is 0.695. The monoisotopic (exact) mass is 398 g/mol. The van der Waals surface area contributed by atoms with E-state index in [9.17, 15) is 9.59 Å². The first-order chi connectivity index (χ1) is 11.0. The van der Waals surface area contributed by atoms with Gasteiger partial charge >= 0.3 is 6.09 Å². The number of carbonyl (C=O) groups excluding carboxylic acids is 2. The van der Waals surface area contributed by atoms with Crippen molar-refractivity contribution >= 4 is 27.8 Å². The van der Waals surface area contributed by atoms with E-state index in [4.69, 9.17) is 4.74 Å². The van der Waals surface area contributed by atoms with Gasteiger partial charge in [-0.05, 0) is 61.5 Å². The van der Waals surface area contributed by atoms with Gasteiger partial charge in [0.1, 0.15) is 5.60 Å². The average molecular weight is 399 g/mol. The Balaban J connectivity index is 2.64. The zero-order valence-corrected chi connectivity index (χ0v) is 16.9. The van der Waals surface area contributed by atoms with Crippen molar-refractivity contribution in [3.8, 4) is 0 Å². The van der Waals surface area contributed by atoms with Crippen LogP contribution in [0.25, 0.3) is 0 Å². The standard InChI is InChI=1S/C18H27BrN2O3/c1-11(2)16-13(9-20-10-14(16)19)15(22)8-7-12(3)21-17(23)24-18(4,5)6/h9-12H,7-8H2,1-6H3,(H,21,23). The molecule has 6 heteroatoms. The molecule has 0 bridgehead atoms. The smallest absolute Gasteiger partial charge is 0.407 e. The summed E-state index contributed by atoms with van der Waals surface area (Å²) in [6, 6.07) is -0.147. The summed E-state index contributed by atoms with van der Waals surface area (Å²) < 4.78 is 6.07. The lowest BCUT2D eigenvalue weighted by Crippen LogP contribution is -2.37. The van der Waals surface area contributed by atoms with Crippen LogP contribution in [0.15, 0.2) is 16.9 Å². The number of hydrogen-bond donors (Lipinski definition) is 1. The molecule has 1 rings (SSSR count). The van der Waals surface area contributed by atoms with E-state index in [0.717, 1.165) is 10.0 Å². The Morgan fingerprint density at radius 3 is 2.42 bits per heavy atom. The third-order valence-corrected chi connectivity index (χ3v) is 4.02. The van der Waals surface area contributed by atoms with Crippen LogP contribution in [-0.4, -0.2) is 28.5 Å². The van der Waals surface area contributed by atoms with Gasteiger partial charge in [-0.15, -0.1) is 0 Å². The Morgan fingerprint density at radius 1 is 1.25 bits per heavy atom. The molecule has 1 aromatic rings. The lowest BCUT2D eigenvalue weighted by Gasteiger charge is -2.22. The van der Waals surface area contributed by atoms with Crippen molar-refractivity contribution in [3.63, 3.8) is 0 Å². The number of pyridine rings is 1. The molecule has 0 spiro atoms. The first kappa shape index (κ1) is 20.6. The zero-order valence-electron chi connectivity index (χ0n) is 15.3. The maximum Gasteiger partial charge on any atom is 0.407 e. The minimum atomic E-state index is -0.534. The fraction of sp³-hybridized carbons (Fsp3) is 0.611. The zero-order chi connectivity index (χ0) is 18.5.